The molecule has 0 spiro atoms. The molecular formula is C40H57N5O13Si. The number of carbonyl (C=O) groups is 3. The molecule has 18 nitrogen and oxygen atoms in total. The molecule has 8 atom stereocenters. The Morgan fingerprint density at radius 2 is 1.64 bits per heavy atom. The number of nitrogens with one attached hydrogen (secondary N) is 3. The second-order valence-electron chi connectivity index (χ2n) is 16.0. The molecule has 3 aromatic rings. The van der Waals surface area contributed by atoms with Gasteiger partial charge in [0.15, 0.2) is 14.5 Å². The zero-order valence-corrected chi connectivity index (χ0v) is 35.4. The molecule has 0 radical (unpaired) electrons. The summed E-state index contributed by atoms with van der Waals surface area (Å²) in [5.41, 5.74) is 2.20. The minimum absolute atomic E-state index is 0.0334. The smallest absolute Gasteiger partial charge is 0.432 e. The lowest BCUT2D eigenvalue weighted by Gasteiger charge is -2.40. The van der Waals surface area contributed by atoms with Crippen LogP contribution in [0, 0.1) is 5.92 Å². The summed E-state index contributed by atoms with van der Waals surface area (Å²) < 4.78 is 20.1. The summed E-state index contributed by atoms with van der Waals surface area (Å²) in [6, 6.07) is 15.1. The van der Waals surface area contributed by atoms with Crippen molar-refractivity contribution in [3.63, 3.8) is 0 Å². The maximum Gasteiger partial charge on any atom is 0.432 e. The Bertz CT molecular complexity index is 1980. The van der Waals surface area contributed by atoms with Gasteiger partial charge in [0.25, 0.3) is 5.56 Å². The molecule has 1 fully saturated rings. The number of anilines is 1. The van der Waals surface area contributed by atoms with Gasteiger partial charge in [0.1, 0.15) is 30.1 Å². The van der Waals surface area contributed by atoms with E-state index in [1.165, 1.54) is 26.3 Å². The van der Waals surface area contributed by atoms with Crippen molar-refractivity contribution in [1.29, 1.82) is 0 Å². The van der Waals surface area contributed by atoms with E-state index >= 15 is 0 Å². The molecule has 1 saturated heterocycles. The third kappa shape index (κ3) is 12.0. The molecule has 324 valence electrons. The first-order valence-electron chi connectivity index (χ1n) is 19.4. The molecule has 19 heteroatoms. The van der Waals surface area contributed by atoms with Crippen LogP contribution in [0.25, 0.3) is 0 Å². The van der Waals surface area contributed by atoms with Crippen LogP contribution in [-0.2, 0) is 30.1 Å². The van der Waals surface area contributed by atoms with Crippen molar-refractivity contribution in [3.8, 4) is 5.75 Å². The molecule has 0 saturated carbocycles. The van der Waals surface area contributed by atoms with Crippen molar-refractivity contribution in [2.75, 3.05) is 19.1 Å². The highest BCUT2D eigenvalue weighted by Gasteiger charge is 2.54. The van der Waals surface area contributed by atoms with Gasteiger partial charge in [-0.2, -0.15) is 0 Å². The molecule has 2 heterocycles. The largest absolute Gasteiger partial charge is 0.497 e. The van der Waals surface area contributed by atoms with E-state index in [-0.39, 0.29) is 37.4 Å². The Labute approximate surface area is 343 Å². The summed E-state index contributed by atoms with van der Waals surface area (Å²) in [5.74, 6) is -2.93. The SMILES string of the molecule is COc1ccc(Cn2c(=O)ccn([C@@H]3OC([C@H](O)[C@H](CCCCNC(=O)[C@@H](NC(=O)ONc4ccccc4)[C@H](C)O)C(=O)O)[C@@H](O)[C@H]3O[Si](C)(C)C(C)(C)C)c2=O)cc1. The van der Waals surface area contributed by atoms with Crippen molar-refractivity contribution in [2.24, 2.45) is 5.92 Å². The first-order chi connectivity index (χ1) is 27.7. The van der Waals surface area contributed by atoms with Gasteiger partial charge in [-0.1, -0.05) is 57.5 Å². The number of hydrogen-bond donors (Lipinski definition) is 7. The fourth-order valence-corrected chi connectivity index (χ4v) is 7.55. The van der Waals surface area contributed by atoms with Crippen molar-refractivity contribution in [3.05, 3.63) is 93.3 Å². The topological polar surface area (TPSA) is 249 Å². The second kappa shape index (κ2) is 20.3. The summed E-state index contributed by atoms with van der Waals surface area (Å²) in [5, 5.41) is 48.2. The Balaban J connectivity index is 1.45. The molecule has 1 unspecified atom stereocenters. The maximum absolute atomic E-state index is 14.0. The number of methoxy groups -OCH3 is 1. The first-order valence-corrected chi connectivity index (χ1v) is 22.3. The van der Waals surface area contributed by atoms with E-state index in [0.717, 1.165) is 9.13 Å². The molecule has 2 amide bonds. The molecular weight excluding hydrogens is 787 g/mol. The average Bonchev–Trinajstić information content (AvgIpc) is 3.49. The summed E-state index contributed by atoms with van der Waals surface area (Å²) in [6.07, 6.45) is -8.18. The Morgan fingerprint density at radius 3 is 2.24 bits per heavy atom. The minimum Gasteiger partial charge on any atom is -0.497 e. The standard InChI is InChI=1S/C40H57N5O13Si/c1-24(46)30(42-38(53)57-43-26-13-9-8-10-14-26)35(50)41-21-12-11-15-28(37(51)52)31(48)33-32(49)34(58-59(6,7)40(2,3)4)36(56-33)44-22-20-29(47)45(39(44)54)23-25-16-18-27(55-5)19-17-25/h8-10,13-14,16-20,22,24,28,30-34,36,43,46,48-49H,11-12,15,21,23H2,1-7H3,(H,41,50)(H,42,53)(H,51,52)/t24-,28-,30-,31+,32+,33?,34+,36+/m0/s1. The lowest BCUT2D eigenvalue weighted by molar-refractivity contribution is -0.155. The number of aliphatic carboxylic acids is 1. The number of unbranched alkanes of at least 4 members (excludes halogenated alkanes) is 1. The zero-order valence-electron chi connectivity index (χ0n) is 34.4. The van der Waals surface area contributed by atoms with Crippen molar-refractivity contribution in [2.45, 2.75) is 114 Å². The van der Waals surface area contributed by atoms with Crippen LogP contribution in [0.5, 0.6) is 5.75 Å². The van der Waals surface area contributed by atoms with Crippen molar-refractivity contribution in [1.82, 2.24) is 19.8 Å². The summed E-state index contributed by atoms with van der Waals surface area (Å²) >= 11 is 0. The predicted octanol–water partition coefficient (Wildman–Crippen LogP) is 2.57. The van der Waals surface area contributed by atoms with Gasteiger partial charge in [-0.05, 0) is 67.7 Å². The number of aromatic nitrogens is 2. The van der Waals surface area contributed by atoms with Gasteiger partial charge in [0.2, 0.25) is 5.91 Å². The number of nitrogens with zero attached hydrogens (tertiary/aromatic N) is 2. The summed E-state index contributed by atoms with van der Waals surface area (Å²) in [7, 11) is -1.19. The van der Waals surface area contributed by atoms with Gasteiger partial charge in [-0.15, -0.1) is 0 Å². The van der Waals surface area contributed by atoms with Crippen LogP contribution >= 0.6 is 0 Å². The highest BCUT2D eigenvalue weighted by Crippen LogP contribution is 2.42. The first kappa shape index (κ1) is 46.6. The Hall–Kier alpha value is -5.05. The quantitative estimate of drug-likeness (QED) is 0.0521. The Kier molecular flexibility index (Phi) is 16.0. The van der Waals surface area contributed by atoms with Crippen LogP contribution in [0.1, 0.15) is 58.7 Å². The van der Waals surface area contributed by atoms with Crippen LogP contribution in [0.3, 0.4) is 0 Å². The number of ether oxygens (including phenoxy) is 2. The molecule has 59 heavy (non-hydrogen) atoms. The molecule has 0 bridgehead atoms. The summed E-state index contributed by atoms with van der Waals surface area (Å²) in [4.78, 5) is 69.5. The zero-order chi connectivity index (χ0) is 43.7. The normalized spacial score (nSPS) is 20.2. The molecule has 1 aromatic heterocycles. The minimum atomic E-state index is -2.71. The van der Waals surface area contributed by atoms with Crippen LogP contribution in [-0.4, -0.2) is 106 Å². The average molecular weight is 844 g/mol. The number of carboxylic acid groups (broad SMARTS) is 1. The number of carbonyl (C=O) groups excluding carboxylic acids is 2. The third-order valence-electron chi connectivity index (χ3n) is 10.7. The van der Waals surface area contributed by atoms with Crippen LogP contribution < -0.4 is 32.1 Å². The lowest BCUT2D eigenvalue weighted by atomic mass is 9.90. The number of rotatable bonds is 19. The predicted molar refractivity (Wildman–Crippen MR) is 218 cm³/mol. The molecule has 4 rings (SSSR count). The number of aliphatic hydroxyl groups is 3. The number of aliphatic hydroxyl groups excluding tert-OH is 3. The highest BCUT2D eigenvalue weighted by molar-refractivity contribution is 6.74. The maximum atomic E-state index is 14.0. The van der Waals surface area contributed by atoms with Gasteiger partial charge < -0.3 is 49.8 Å². The number of amides is 2. The Morgan fingerprint density at radius 1 is 0.983 bits per heavy atom. The van der Waals surface area contributed by atoms with Crippen LogP contribution in [0.2, 0.25) is 18.1 Å². The van der Waals surface area contributed by atoms with Gasteiger partial charge in [0, 0.05) is 18.8 Å². The highest BCUT2D eigenvalue weighted by atomic mass is 28.4. The lowest BCUT2D eigenvalue weighted by Crippen LogP contribution is -2.53. The van der Waals surface area contributed by atoms with E-state index in [4.69, 9.17) is 18.7 Å². The molecule has 7 N–H and O–H groups in total. The molecule has 2 aromatic carbocycles. The van der Waals surface area contributed by atoms with Crippen molar-refractivity contribution >= 4 is 32.0 Å². The van der Waals surface area contributed by atoms with E-state index < -0.39 is 86.2 Å². The van der Waals surface area contributed by atoms with Gasteiger partial charge >= 0.3 is 17.8 Å². The van der Waals surface area contributed by atoms with Crippen LogP contribution in [0.4, 0.5) is 10.5 Å². The summed E-state index contributed by atoms with van der Waals surface area (Å²) in [6.45, 7) is 11.1. The van der Waals surface area contributed by atoms with Gasteiger partial charge in [-0.25, -0.2) is 15.1 Å². The fourth-order valence-electron chi connectivity index (χ4n) is 6.26. The van der Waals surface area contributed by atoms with E-state index in [2.05, 4.69) is 16.1 Å². The van der Waals surface area contributed by atoms with Gasteiger partial charge in [-0.3, -0.25) is 23.5 Å². The monoisotopic (exact) mass is 843 g/mol. The number of carboxylic acids is 1. The van der Waals surface area contributed by atoms with E-state index in [1.54, 1.807) is 54.6 Å². The number of hydrogen-bond acceptors (Lipinski definition) is 13. The van der Waals surface area contributed by atoms with E-state index in [9.17, 15) is 44.4 Å². The number of benzene rings is 2. The molecule has 1 aliphatic heterocycles. The fraction of sp³-hybridized carbons (Fsp3) is 0.525. The van der Waals surface area contributed by atoms with Crippen LogP contribution in [0.15, 0.2) is 76.4 Å². The van der Waals surface area contributed by atoms with E-state index in [1.807, 2.05) is 33.9 Å². The van der Waals surface area contributed by atoms with Gasteiger partial charge in [0.05, 0.1) is 37.5 Å². The second-order valence-corrected chi connectivity index (χ2v) is 20.8. The van der Waals surface area contributed by atoms with Crippen molar-refractivity contribution < 1.29 is 53.5 Å². The number of para-hydroxylation sites is 1. The molecule has 0 aliphatic carbocycles. The molecule has 1 aliphatic rings. The van der Waals surface area contributed by atoms with E-state index in [0.29, 0.717) is 17.0 Å². The third-order valence-corrected chi connectivity index (χ3v) is 15.2.